The number of para-hydroxylation sites is 1. The number of anilines is 1. The van der Waals surface area contributed by atoms with Crippen LogP contribution in [0.5, 0.6) is 0 Å². The summed E-state index contributed by atoms with van der Waals surface area (Å²) in [6.07, 6.45) is 1.40. The minimum Gasteiger partial charge on any atom is -0.339 e. The lowest BCUT2D eigenvalue weighted by molar-refractivity contribution is -0.115. The number of amides is 1. The lowest BCUT2D eigenvalue weighted by Gasteiger charge is -2.12. The van der Waals surface area contributed by atoms with Gasteiger partial charge in [-0.3, -0.25) is 14.6 Å². The molecule has 0 spiro atoms. The fourth-order valence-electron chi connectivity index (χ4n) is 1.90. The maximum atomic E-state index is 12.2. The summed E-state index contributed by atoms with van der Waals surface area (Å²) in [6.45, 7) is 1.71. The Morgan fingerprint density at radius 1 is 1.39 bits per heavy atom. The zero-order valence-corrected chi connectivity index (χ0v) is 13.5. The van der Waals surface area contributed by atoms with Crippen molar-refractivity contribution in [2.45, 2.75) is 17.3 Å². The van der Waals surface area contributed by atoms with E-state index in [1.807, 2.05) is 0 Å². The number of H-pyrrole nitrogens is 2. The number of rotatable bonds is 4. The van der Waals surface area contributed by atoms with Gasteiger partial charge in [-0.05, 0) is 19.1 Å². The largest absolute Gasteiger partial charge is 0.339 e. The van der Waals surface area contributed by atoms with Gasteiger partial charge in [-0.2, -0.15) is 0 Å². The van der Waals surface area contributed by atoms with Crippen LogP contribution >= 0.6 is 23.4 Å². The predicted octanol–water partition coefficient (Wildman–Crippen LogP) is 2.42. The molecule has 1 atom stereocenters. The Bertz CT molecular complexity index is 923. The molecule has 0 aliphatic carbocycles. The molecule has 9 heteroatoms. The molecular weight excluding hydrogens is 338 g/mol. The number of nitrogens with one attached hydrogen (secondary N) is 3. The van der Waals surface area contributed by atoms with E-state index in [4.69, 9.17) is 11.6 Å². The number of benzene rings is 1. The van der Waals surface area contributed by atoms with Crippen LogP contribution in [0.25, 0.3) is 11.2 Å². The van der Waals surface area contributed by atoms with Gasteiger partial charge in [-0.1, -0.05) is 35.5 Å². The third-order valence-corrected chi connectivity index (χ3v) is 4.38. The molecule has 1 amide bonds. The van der Waals surface area contributed by atoms with Gasteiger partial charge in [0.15, 0.2) is 16.3 Å². The maximum absolute atomic E-state index is 12.2. The van der Waals surface area contributed by atoms with Crippen LogP contribution in [0, 0.1) is 0 Å². The number of halogens is 1. The molecule has 0 fully saturated rings. The third kappa shape index (κ3) is 3.38. The Morgan fingerprint density at radius 3 is 2.96 bits per heavy atom. The van der Waals surface area contributed by atoms with E-state index >= 15 is 0 Å². The average molecular weight is 350 g/mol. The highest BCUT2D eigenvalue weighted by Gasteiger charge is 2.18. The van der Waals surface area contributed by atoms with Crippen LogP contribution in [-0.2, 0) is 4.79 Å². The molecule has 0 unspecified atom stereocenters. The van der Waals surface area contributed by atoms with E-state index in [0.717, 1.165) is 11.8 Å². The molecule has 7 nitrogen and oxygen atoms in total. The molecule has 3 N–H and O–H groups in total. The van der Waals surface area contributed by atoms with Crippen molar-refractivity contribution in [3.8, 4) is 0 Å². The molecule has 3 rings (SSSR count). The van der Waals surface area contributed by atoms with Crippen molar-refractivity contribution in [1.82, 2.24) is 19.9 Å². The molecule has 23 heavy (non-hydrogen) atoms. The van der Waals surface area contributed by atoms with E-state index in [1.165, 1.54) is 6.33 Å². The highest BCUT2D eigenvalue weighted by molar-refractivity contribution is 8.00. The van der Waals surface area contributed by atoms with Gasteiger partial charge in [-0.15, -0.1) is 0 Å². The second kappa shape index (κ2) is 6.43. The van der Waals surface area contributed by atoms with Gasteiger partial charge in [0, 0.05) is 0 Å². The zero-order chi connectivity index (χ0) is 16.4. The summed E-state index contributed by atoms with van der Waals surface area (Å²) in [5.74, 6) is -0.243. The maximum Gasteiger partial charge on any atom is 0.277 e. The number of carbonyl (C=O) groups excluding carboxylic acids is 1. The quantitative estimate of drug-likeness (QED) is 0.495. The van der Waals surface area contributed by atoms with Crippen LogP contribution in [-0.4, -0.2) is 31.1 Å². The first kappa shape index (κ1) is 15.6. The second-order valence-electron chi connectivity index (χ2n) is 4.70. The number of hydrogen-bond donors (Lipinski definition) is 3. The van der Waals surface area contributed by atoms with Crippen LogP contribution in [0.1, 0.15) is 6.92 Å². The van der Waals surface area contributed by atoms with Crippen LogP contribution in [0.3, 0.4) is 0 Å². The topological polar surface area (TPSA) is 104 Å². The molecule has 0 saturated carbocycles. The number of hydrogen-bond acceptors (Lipinski definition) is 5. The molecule has 2 aromatic heterocycles. The minimum atomic E-state index is -0.481. The van der Waals surface area contributed by atoms with E-state index < -0.39 is 5.25 Å². The highest BCUT2D eigenvalue weighted by Crippen LogP contribution is 2.24. The SMILES string of the molecule is C[C@H](Sc1nc2nc[nH]c2c(=O)[nH]1)C(=O)Nc1ccccc1Cl. The van der Waals surface area contributed by atoms with Crippen molar-refractivity contribution in [1.29, 1.82) is 0 Å². The molecule has 1 aromatic carbocycles. The molecule has 118 valence electrons. The Kier molecular flexibility index (Phi) is 4.35. The number of imidazole rings is 1. The van der Waals surface area contributed by atoms with Crippen LogP contribution in [0.15, 0.2) is 40.5 Å². The number of aromatic amines is 2. The smallest absolute Gasteiger partial charge is 0.277 e. The summed E-state index contributed by atoms with van der Waals surface area (Å²) >= 11 is 7.15. The van der Waals surface area contributed by atoms with Gasteiger partial charge in [0.25, 0.3) is 5.56 Å². The molecule has 0 aliphatic heterocycles. The molecule has 3 aromatic rings. The van der Waals surface area contributed by atoms with Crippen molar-refractivity contribution in [3.63, 3.8) is 0 Å². The van der Waals surface area contributed by atoms with Gasteiger partial charge >= 0.3 is 0 Å². The molecule has 2 heterocycles. The fraction of sp³-hybridized carbons (Fsp3) is 0.143. The van der Waals surface area contributed by atoms with Crippen LogP contribution in [0.2, 0.25) is 5.02 Å². The lowest BCUT2D eigenvalue weighted by Crippen LogP contribution is -2.23. The summed E-state index contributed by atoms with van der Waals surface area (Å²) in [4.78, 5) is 37.6. The van der Waals surface area contributed by atoms with E-state index in [1.54, 1.807) is 31.2 Å². The van der Waals surface area contributed by atoms with Crippen molar-refractivity contribution in [3.05, 3.63) is 46.0 Å². The number of carbonyl (C=O) groups is 1. The summed E-state index contributed by atoms with van der Waals surface area (Å²) in [7, 11) is 0. The van der Waals surface area contributed by atoms with E-state index in [-0.39, 0.29) is 11.5 Å². The van der Waals surface area contributed by atoms with Gasteiger partial charge < -0.3 is 10.3 Å². The highest BCUT2D eigenvalue weighted by atomic mass is 35.5. The summed E-state index contributed by atoms with van der Waals surface area (Å²) in [5.41, 5.74) is 0.835. The normalized spacial score (nSPS) is 12.3. The Labute approximate surface area is 139 Å². The first-order chi connectivity index (χ1) is 11.0. The Morgan fingerprint density at radius 2 is 2.17 bits per heavy atom. The number of fused-ring (bicyclic) bond motifs is 1. The summed E-state index contributed by atoms with van der Waals surface area (Å²) < 4.78 is 0. The van der Waals surface area contributed by atoms with Crippen molar-refractivity contribution in [2.24, 2.45) is 0 Å². The molecule has 0 saturated heterocycles. The first-order valence-corrected chi connectivity index (χ1v) is 7.96. The lowest BCUT2D eigenvalue weighted by atomic mass is 10.3. The molecule has 0 aliphatic rings. The van der Waals surface area contributed by atoms with Gasteiger partial charge in [0.2, 0.25) is 5.91 Å². The fourth-order valence-corrected chi connectivity index (χ4v) is 2.87. The molecular formula is C14H12ClN5O2S. The number of nitrogens with zero attached hydrogens (tertiary/aromatic N) is 2. The summed E-state index contributed by atoms with van der Waals surface area (Å²) in [5, 5.41) is 3.05. The van der Waals surface area contributed by atoms with Crippen molar-refractivity contribution < 1.29 is 4.79 Å². The zero-order valence-electron chi connectivity index (χ0n) is 12.0. The van der Waals surface area contributed by atoms with E-state index in [2.05, 4.69) is 25.3 Å². The average Bonchev–Trinajstić information content (AvgIpc) is 2.98. The third-order valence-electron chi connectivity index (χ3n) is 3.06. The van der Waals surface area contributed by atoms with Crippen LogP contribution in [0.4, 0.5) is 5.69 Å². The minimum absolute atomic E-state index is 0.243. The Hall–Kier alpha value is -2.32. The molecule has 0 bridgehead atoms. The number of aromatic nitrogens is 4. The number of thioether (sulfide) groups is 1. The predicted molar refractivity (Wildman–Crippen MR) is 89.9 cm³/mol. The Balaban J connectivity index is 1.75. The van der Waals surface area contributed by atoms with E-state index in [9.17, 15) is 9.59 Å². The van der Waals surface area contributed by atoms with Gasteiger partial charge in [0.1, 0.15) is 0 Å². The van der Waals surface area contributed by atoms with E-state index in [0.29, 0.717) is 27.0 Å². The van der Waals surface area contributed by atoms with Gasteiger partial charge in [0.05, 0.1) is 22.3 Å². The van der Waals surface area contributed by atoms with Crippen molar-refractivity contribution in [2.75, 3.05) is 5.32 Å². The second-order valence-corrected chi connectivity index (χ2v) is 6.44. The summed E-state index contributed by atoms with van der Waals surface area (Å²) in [6, 6.07) is 6.97. The standard InChI is InChI=1S/C14H12ClN5O2S/c1-7(12(21)18-9-5-3-2-4-8(9)15)23-14-19-11-10(13(22)20-14)16-6-17-11/h2-7H,1H3,(H,18,21)(H2,16,17,19,20,22)/t7-/m0/s1. The van der Waals surface area contributed by atoms with Crippen molar-refractivity contribution >= 4 is 46.1 Å². The van der Waals surface area contributed by atoms with Crippen LogP contribution < -0.4 is 10.9 Å². The van der Waals surface area contributed by atoms with Gasteiger partial charge in [-0.25, -0.2) is 9.97 Å². The molecule has 0 radical (unpaired) electrons. The monoisotopic (exact) mass is 349 g/mol. The first-order valence-electron chi connectivity index (χ1n) is 6.70.